The summed E-state index contributed by atoms with van der Waals surface area (Å²) in [5.41, 5.74) is 0.503. The molecular formula is C10H11ClFNO. The Balaban J connectivity index is 2.57. The van der Waals surface area contributed by atoms with Gasteiger partial charge in [0.05, 0.1) is 0 Å². The number of benzene rings is 1. The Morgan fingerprint density at radius 2 is 2.29 bits per heavy atom. The van der Waals surface area contributed by atoms with E-state index < -0.39 is 0 Å². The van der Waals surface area contributed by atoms with Gasteiger partial charge in [-0.05, 0) is 18.2 Å². The summed E-state index contributed by atoms with van der Waals surface area (Å²) in [6, 6.07) is 3.81. The minimum absolute atomic E-state index is 0.0686. The third-order valence-electron chi connectivity index (χ3n) is 1.67. The summed E-state index contributed by atoms with van der Waals surface area (Å²) in [4.78, 5) is 0. The highest BCUT2D eigenvalue weighted by atomic mass is 35.5. The summed E-state index contributed by atoms with van der Waals surface area (Å²) in [5, 5.41) is 12.7. The molecule has 0 aliphatic carbocycles. The fraction of sp³-hybridized carbons (Fsp3) is 0.200. The summed E-state index contributed by atoms with van der Waals surface area (Å²) in [5.74, 6) is -0.302. The average Bonchev–Trinajstić information content (AvgIpc) is 2.10. The van der Waals surface area contributed by atoms with Crippen LogP contribution < -0.4 is 5.32 Å². The van der Waals surface area contributed by atoms with E-state index in [0.717, 1.165) is 0 Å². The van der Waals surface area contributed by atoms with E-state index in [1.54, 1.807) is 0 Å². The van der Waals surface area contributed by atoms with Crippen LogP contribution in [-0.4, -0.2) is 11.7 Å². The lowest BCUT2D eigenvalue weighted by molar-refractivity contribution is 0.462. The minimum atomic E-state index is -0.371. The third kappa shape index (κ3) is 3.36. The second kappa shape index (κ2) is 4.98. The Labute approximate surface area is 87.0 Å². The van der Waals surface area contributed by atoms with Gasteiger partial charge in [-0.2, -0.15) is 0 Å². The largest absolute Gasteiger partial charge is 0.508 e. The average molecular weight is 216 g/mol. The van der Waals surface area contributed by atoms with Crippen molar-refractivity contribution >= 4 is 11.6 Å². The SMILES string of the molecule is C=C(Cl)CNCc1cc(F)ccc1O. The van der Waals surface area contributed by atoms with Crippen LogP contribution in [0.3, 0.4) is 0 Å². The van der Waals surface area contributed by atoms with Crippen molar-refractivity contribution in [2.75, 3.05) is 6.54 Å². The molecule has 0 bridgehead atoms. The molecule has 1 aromatic rings. The molecule has 2 nitrogen and oxygen atoms in total. The standard InChI is InChI=1S/C10H11ClFNO/c1-7(11)5-13-6-8-4-9(12)2-3-10(8)14/h2-4,13-14H,1,5-6H2. The lowest BCUT2D eigenvalue weighted by atomic mass is 10.2. The molecule has 0 radical (unpaired) electrons. The van der Waals surface area contributed by atoms with Gasteiger partial charge in [0.15, 0.2) is 0 Å². The summed E-state index contributed by atoms with van der Waals surface area (Å²) < 4.78 is 12.8. The zero-order chi connectivity index (χ0) is 10.6. The van der Waals surface area contributed by atoms with E-state index in [1.807, 2.05) is 0 Å². The van der Waals surface area contributed by atoms with E-state index in [-0.39, 0.29) is 11.6 Å². The van der Waals surface area contributed by atoms with Gasteiger partial charge in [-0.15, -0.1) is 0 Å². The Hall–Kier alpha value is -1.06. The molecule has 4 heteroatoms. The topological polar surface area (TPSA) is 32.3 Å². The smallest absolute Gasteiger partial charge is 0.123 e. The lowest BCUT2D eigenvalue weighted by Gasteiger charge is -2.05. The van der Waals surface area contributed by atoms with Crippen molar-refractivity contribution < 1.29 is 9.50 Å². The van der Waals surface area contributed by atoms with Crippen molar-refractivity contribution in [3.8, 4) is 5.75 Å². The van der Waals surface area contributed by atoms with Crippen LogP contribution in [0.5, 0.6) is 5.75 Å². The van der Waals surface area contributed by atoms with E-state index in [4.69, 9.17) is 11.6 Å². The Kier molecular flexibility index (Phi) is 3.92. The molecule has 0 amide bonds. The van der Waals surface area contributed by atoms with Crippen molar-refractivity contribution in [2.45, 2.75) is 6.54 Å². The highest BCUT2D eigenvalue weighted by Crippen LogP contribution is 2.17. The van der Waals surface area contributed by atoms with Crippen LogP contribution in [0.2, 0.25) is 0 Å². The lowest BCUT2D eigenvalue weighted by Crippen LogP contribution is -2.14. The van der Waals surface area contributed by atoms with Crippen molar-refractivity contribution in [3.63, 3.8) is 0 Å². The zero-order valence-corrected chi connectivity index (χ0v) is 8.31. The summed E-state index contributed by atoms with van der Waals surface area (Å²) >= 11 is 5.52. The maximum atomic E-state index is 12.8. The number of rotatable bonds is 4. The summed E-state index contributed by atoms with van der Waals surface area (Å²) in [7, 11) is 0. The molecule has 76 valence electrons. The van der Waals surface area contributed by atoms with Gasteiger partial charge < -0.3 is 10.4 Å². The van der Waals surface area contributed by atoms with E-state index in [1.165, 1.54) is 18.2 Å². The van der Waals surface area contributed by atoms with Gasteiger partial charge >= 0.3 is 0 Å². The normalized spacial score (nSPS) is 10.1. The van der Waals surface area contributed by atoms with E-state index in [0.29, 0.717) is 23.7 Å². The molecular weight excluding hydrogens is 205 g/mol. The summed E-state index contributed by atoms with van der Waals surface area (Å²) in [6.07, 6.45) is 0. The predicted octanol–water partition coefficient (Wildman–Crippen LogP) is 2.37. The number of hydrogen-bond acceptors (Lipinski definition) is 2. The molecule has 0 aliphatic heterocycles. The van der Waals surface area contributed by atoms with Crippen LogP contribution in [0, 0.1) is 5.82 Å². The first-order valence-corrected chi connectivity index (χ1v) is 4.49. The monoisotopic (exact) mass is 215 g/mol. The highest BCUT2D eigenvalue weighted by molar-refractivity contribution is 6.29. The van der Waals surface area contributed by atoms with Gasteiger partial charge in [0, 0.05) is 23.7 Å². The van der Waals surface area contributed by atoms with Gasteiger partial charge in [0.1, 0.15) is 11.6 Å². The molecule has 0 atom stereocenters. The van der Waals surface area contributed by atoms with Gasteiger partial charge in [0.2, 0.25) is 0 Å². The second-order valence-electron chi connectivity index (χ2n) is 2.89. The third-order valence-corrected chi connectivity index (χ3v) is 1.81. The number of aromatic hydroxyl groups is 1. The molecule has 0 aromatic heterocycles. The molecule has 0 aliphatic rings. The molecule has 2 N–H and O–H groups in total. The molecule has 14 heavy (non-hydrogen) atoms. The van der Waals surface area contributed by atoms with E-state index in [9.17, 15) is 9.50 Å². The van der Waals surface area contributed by atoms with Gasteiger partial charge in [-0.1, -0.05) is 18.2 Å². The fourth-order valence-electron chi connectivity index (χ4n) is 1.03. The fourth-order valence-corrected chi connectivity index (χ4v) is 1.12. The van der Waals surface area contributed by atoms with Crippen LogP contribution in [0.1, 0.15) is 5.56 Å². The molecule has 0 heterocycles. The van der Waals surface area contributed by atoms with Crippen LogP contribution >= 0.6 is 11.6 Å². The predicted molar refractivity (Wildman–Crippen MR) is 54.8 cm³/mol. The Bertz CT molecular complexity index is 341. The van der Waals surface area contributed by atoms with E-state index >= 15 is 0 Å². The van der Waals surface area contributed by atoms with Crippen LogP contribution in [0.25, 0.3) is 0 Å². The van der Waals surface area contributed by atoms with Gasteiger partial charge in [-0.3, -0.25) is 0 Å². The van der Waals surface area contributed by atoms with Crippen molar-refractivity contribution in [1.82, 2.24) is 5.32 Å². The molecule has 1 aromatic carbocycles. The highest BCUT2D eigenvalue weighted by Gasteiger charge is 2.01. The number of phenolic OH excluding ortho intramolecular Hbond substituents is 1. The Morgan fingerprint density at radius 1 is 1.57 bits per heavy atom. The van der Waals surface area contributed by atoms with Crippen LogP contribution in [-0.2, 0) is 6.54 Å². The zero-order valence-electron chi connectivity index (χ0n) is 7.56. The molecule has 1 rings (SSSR count). The number of nitrogens with one attached hydrogen (secondary N) is 1. The number of phenols is 1. The first-order valence-electron chi connectivity index (χ1n) is 4.11. The Morgan fingerprint density at radius 3 is 2.93 bits per heavy atom. The van der Waals surface area contributed by atoms with Crippen molar-refractivity contribution in [1.29, 1.82) is 0 Å². The van der Waals surface area contributed by atoms with Crippen LogP contribution in [0.15, 0.2) is 29.8 Å². The quantitative estimate of drug-likeness (QED) is 0.808. The van der Waals surface area contributed by atoms with Crippen LogP contribution in [0.4, 0.5) is 4.39 Å². The molecule has 0 saturated heterocycles. The number of hydrogen-bond donors (Lipinski definition) is 2. The molecule has 0 fully saturated rings. The molecule has 0 unspecified atom stereocenters. The van der Waals surface area contributed by atoms with E-state index in [2.05, 4.69) is 11.9 Å². The van der Waals surface area contributed by atoms with Crippen molar-refractivity contribution in [2.24, 2.45) is 0 Å². The first kappa shape index (κ1) is 11.0. The molecule has 0 spiro atoms. The number of halogens is 2. The van der Waals surface area contributed by atoms with Crippen molar-refractivity contribution in [3.05, 3.63) is 41.2 Å². The van der Waals surface area contributed by atoms with Gasteiger partial charge in [-0.25, -0.2) is 4.39 Å². The first-order chi connectivity index (χ1) is 6.59. The van der Waals surface area contributed by atoms with Gasteiger partial charge in [0.25, 0.3) is 0 Å². The molecule has 0 saturated carbocycles. The summed E-state index contributed by atoms with van der Waals surface area (Å²) in [6.45, 7) is 4.28. The second-order valence-corrected chi connectivity index (χ2v) is 3.43. The maximum absolute atomic E-state index is 12.8. The minimum Gasteiger partial charge on any atom is -0.508 e. The maximum Gasteiger partial charge on any atom is 0.123 e.